The molecule has 25 heavy (non-hydrogen) atoms. The minimum Gasteiger partial charge on any atom is -0.403 e. The Morgan fingerprint density at radius 1 is 1.16 bits per heavy atom. The quantitative estimate of drug-likeness (QED) is 0.501. The Kier molecular flexibility index (Phi) is 4.50. The van der Waals surface area contributed by atoms with Crippen LogP contribution in [0.5, 0.6) is 0 Å². The summed E-state index contributed by atoms with van der Waals surface area (Å²) in [4.78, 5) is 15.2. The van der Waals surface area contributed by atoms with E-state index in [1.54, 1.807) is 24.4 Å². The van der Waals surface area contributed by atoms with Crippen molar-refractivity contribution in [2.24, 2.45) is 11.6 Å². The lowest BCUT2D eigenvalue weighted by Crippen LogP contribution is -2.24. The number of pyridine rings is 1. The van der Waals surface area contributed by atoms with Gasteiger partial charge in [-0.1, -0.05) is 30.3 Å². The first-order valence-corrected chi connectivity index (χ1v) is 7.67. The number of nitriles is 1. The molecule has 0 unspecified atom stereocenters. The van der Waals surface area contributed by atoms with E-state index in [0.717, 1.165) is 11.1 Å². The number of nitrogens with two attached hydrogens (primary N) is 2. The molecule has 0 saturated carbocycles. The van der Waals surface area contributed by atoms with Gasteiger partial charge in [-0.2, -0.15) is 5.26 Å². The molecule has 0 spiro atoms. The molecule has 3 aromatic rings. The van der Waals surface area contributed by atoms with Crippen molar-refractivity contribution < 1.29 is 0 Å². The lowest BCUT2D eigenvalue weighted by molar-refractivity contribution is 0.386. The van der Waals surface area contributed by atoms with E-state index in [0.29, 0.717) is 28.6 Å². The molecule has 6 heteroatoms. The molecule has 1 heterocycles. The van der Waals surface area contributed by atoms with Gasteiger partial charge in [0.25, 0.3) is 5.56 Å². The van der Waals surface area contributed by atoms with Crippen LogP contribution in [-0.4, -0.2) is 9.99 Å². The number of nitrogens with zero attached hydrogens (tertiary/aromatic N) is 2. The minimum atomic E-state index is -0.213. The van der Waals surface area contributed by atoms with Crippen LogP contribution in [0.2, 0.25) is 0 Å². The molecule has 0 aliphatic carbocycles. The van der Waals surface area contributed by atoms with E-state index < -0.39 is 0 Å². The van der Waals surface area contributed by atoms with Crippen LogP contribution in [0.4, 0.5) is 0 Å². The fourth-order valence-corrected chi connectivity index (χ4v) is 2.71. The first-order valence-electron chi connectivity index (χ1n) is 7.67. The topological polar surface area (TPSA) is 112 Å². The maximum absolute atomic E-state index is 12.3. The monoisotopic (exact) mass is 331 g/mol. The SMILES string of the molecule is N#Cc1cccc2c(=O)[nH]c(-c3ccc(CN(N)/C=C\N)cc3)cc12. The molecule has 0 saturated heterocycles. The van der Waals surface area contributed by atoms with Crippen molar-refractivity contribution in [1.29, 1.82) is 5.26 Å². The highest BCUT2D eigenvalue weighted by Gasteiger charge is 2.08. The normalized spacial score (nSPS) is 10.9. The van der Waals surface area contributed by atoms with Crippen LogP contribution in [0.1, 0.15) is 11.1 Å². The number of H-pyrrole nitrogens is 1. The molecule has 124 valence electrons. The summed E-state index contributed by atoms with van der Waals surface area (Å²) in [6.45, 7) is 0.515. The maximum atomic E-state index is 12.3. The van der Waals surface area contributed by atoms with Crippen LogP contribution >= 0.6 is 0 Å². The predicted octanol–water partition coefficient (Wildman–Crippen LogP) is 2.17. The number of hydrogen-bond donors (Lipinski definition) is 3. The van der Waals surface area contributed by atoms with Gasteiger partial charge < -0.3 is 15.7 Å². The molecule has 6 nitrogen and oxygen atoms in total. The van der Waals surface area contributed by atoms with Crippen LogP contribution < -0.4 is 17.1 Å². The largest absolute Gasteiger partial charge is 0.403 e. The molecule has 0 amide bonds. The van der Waals surface area contributed by atoms with Crippen molar-refractivity contribution in [2.75, 3.05) is 0 Å². The molecule has 0 fully saturated rings. The van der Waals surface area contributed by atoms with E-state index in [9.17, 15) is 10.1 Å². The zero-order valence-corrected chi connectivity index (χ0v) is 13.4. The van der Waals surface area contributed by atoms with E-state index in [-0.39, 0.29) is 5.56 Å². The fourth-order valence-electron chi connectivity index (χ4n) is 2.71. The van der Waals surface area contributed by atoms with Crippen molar-refractivity contribution in [2.45, 2.75) is 6.54 Å². The van der Waals surface area contributed by atoms with E-state index in [1.807, 2.05) is 30.3 Å². The van der Waals surface area contributed by atoms with Crippen molar-refractivity contribution in [1.82, 2.24) is 9.99 Å². The van der Waals surface area contributed by atoms with Gasteiger partial charge >= 0.3 is 0 Å². The van der Waals surface area contributed by atoms with Crippen LogP contribution in [0.3, 0.4) is 0 Å². The molecule has 0 bridgehead atoms. The first kappa shape index (κ1) is 16.3. The molecule has 0 aliphatic rings. The standard InChI is InChI=1S/C19H17N5O/c20-8-9-24(22)12-13-4-6-14(7-5-13)18-10-17-15(11-21)2-1-3-16(17)19(25)23-18/h1-10H,12,20,22H2,(H,23,25)/b9-8-. The summed E-state index contributed by atoms with van der Waals surface area (Å²) >= 11 is 0. The Hall–Kier alpha value is -3.56. The second kappa shape index (κ2) is 6.91. The van der Waals surface area contributed by atoms with Crippen LogP contribution in [0.15, 0.2) is 65.7 Å². The van der Waals surface area contributed by atoms with Gasteiger partial charge in [0.1, 0.15) is 0 Å². The summed E-state index contributed by atoms with van der Waals surface area (Å²) in [5.74, 6) is 5.77. The third kappa shape index (κ3) is 3.37. The van der Waals surface area contributed by atoms with Gasteiger partial charge in [0.05, 0.1) is 18.2 Å². The molecule has 0 radical (unpaired) electrons. The molecule has 1 aromatic heterocycles. The lowest BCUT2D eigenvalue weighted by atomic mass is 10.0. The highest BCUT2D eigenvalue weighted by molar-refractivity contribution is 5.89. The number of hydrazine groups is 1. The minimum absolute atomic E-state index is 0.213. The second-order valence-corrected chi connectivity index (χ2v) is 5.60. The lowest BCUT2D eigenvalue weighted by Gasteiger charge is -2.13. The van der Waals surface area contributed by atoms with E-state index in [4.69, 9.17) is 11.6 Å². The number of nitrogens with one attached hydrogen (secondary N) is 1. The Morgan fingerprint density at radius 2 is 1.92 bits per heavy atom. The summed E-state index contributed by atoms with van der Waals surface area (Å²) in [5, 5.41) is 11.9. The average Bonchev–Trinajstić information content (AvgIpc) is 2.62. The van der Waals surface area contributed by atoms with Gasteiger partial charge in [0.2, 0.25) is 0 Å². The first-order chi connectivity index (χ1) is 12.1. The van der Waals surface area contributed by atoms with E-state index >= 15 is 0 Å². The Balaban J connectivity index is 2.00. The van der Waals surface area contributed by atoms with Gasteiger partial charge in [-0.15, -0.1) is 0 Å². The summed E-state index contributed by atoms with van der Waals surface area (Å²) in [5.41, 5.74) is 8.10. The number of aromatic nitrogens is 1. The smallest absolute Gasteiger partial charge is 0.256 e. The summed E-state index contributed by atoms with van der Waals surface area (Å²) in [7, 11) is 0. The third-order valence-corrected chi connectivity index (χ3v) is 3.92. The van der Waals surface area contributed by atoms with E-state index in [2.05, 4.69) is 11.1 Å². The van der Waals surface area contributed by atoms with Crippen molar-refractivity contribution >= 4 is 10.8 Å². The average molecular weight is 331 g/mol. The number of fused-ring (bicyclic) bond motifs is 1. The van der Waals surface area contributed by atoms with Gasteiger partial charge in [-0.3, -0.25) is 4.79 Å². The molecular formula is C19H17N5O. The zero-order chi connectivity index (χ0) is 17.8. The zero-order valence-electron chi connectivity index (χ0n) is 13.4. The molecule has 5 N–H and O–H groups in total. The van der Waals surface area contributed by atoms with Crippen LogP contribution in [0.25, 0.3) is 22.0 Å². The second-order valence-electron chi connectivity index (χ2n) is 5.60. The Bertz CT molecular complexity index is 1030. The van der Waals surface area contributed by atoms with Crippen molar-refractivity contribution in [3.05, 3.63) is 82.4 Å². The fraction of sp³-hybridized carbons (Fsp3) is 0.0526. The molecule has 3 rings (SSSR count). The maximum Gasteiger partial charge on any atom is 0.256 e. The van der Waals surface area contributed by atoms with Gasteiger partial charge in [-0.05, 0) is 29.3 Å². The number of hydrogen-bond acceptors (Lipinski definition) is 5. The molecule has 2 aromatic carbocycles. The summed E-state index contributed by atoms with van der Waals surface area (Å²) in [6, 6.07) is 16.7. The van der Waals surface area contributed by atoms with Crippen molar-refractivity contribution in [3.8, 4) is 17.3 Å². The molecular weight excluding hydrogens is 314 g/mol. The van der Waals surface area contributed by atoms with Gasteiger partial charge in [0.15, 0.2) is 0 Å². The van der Waals surface area contributed by atoms with E-state index in [1.165, 1.54) is 11.2 Å². The third-order valence-electron chi connectivity index (χ3n) is 3.92. The summed E-state index contributed by atoms with van der Waals surface area (Å²) in [6.07, 6.45) is 2.96. The van der Waals surface area contributed by atoms with Gasteiger partial charge in [-0.25, -0.2) is 5.84 Å². The predicted molar refractivity (Wildman–Crippen MR) is 97.8 cm³/mol. The summed E-state index contributed by atoms with van der Waals surface area (Å²) < 4.78 is 0. The highest BCUT2D eigenvalue weighted by Crippen LogP contribution is 2.22. The van der Waals surface area contributed by atoms with Gasteiger partial charge in [0, 0.05) is 28.9 Å². The number of benzene rings is 2. The van der Waals surface area contributed by atoms with Crippen molar-refractivity contribution in [3.63, 3.8) is 0 Å². The van der Waals surface area contributed by atoms with Crippen LogP contribution in [0, 0.1) is 11.3 Å². The highest BCUT2D eigenvalue weighted by atomic mass is 16.1. The number of aromatic amines is 1. The molecule has 0 aliphatic heterocycles. The Morgan fingerprint density at radius 3 is 2.60 bits per heavy atom. The number of rotatable bonds is 4. The Labute approximate surface area is 144 Å². The van der Waals surface area contributed by atoms with Crippen LogP contribution in [-0.2, 0) is 6.54 Å². The molecule has 0 atom stereocenters.